The molecule has 0 amide bonds. The van der Waals surface area contributed by atoms with Crippen LogP contribution in [0.25, 0.3) is 11.1 Å². The summed E-state index contributed by atoms with van der Waals surface area (Å²) in [4.78, 5) is 10.8. The number of carbonyl (C=O) groups is 1. The van der Waals surface area contributed by atoms with E-state index in [4.69, 9.17) is 0 Å². The molecule has 0 saturated heterocycles. The highest BCUT2D eigenvalue weighted by Gasteiger charge is 2.27. The highest BCUT2D eigenvalue weighted by atomic mass is 19.2. The molecule has 0 radical (unpaired) electrons. The van der Waals surface area contributed by atoms with E-state index in [1.54, 1.807) is 32.9 Å². The Hall–Kier alpha value is -2.17. The number of rotatable bonds is 2. The van der Waals surface area contributed by atoms with E-state index in [1.807, 2.05) is 0 Å². The Kier molecular flexibility index (Phi) is 3.85. The Morgan fingerprint density at radius 1 is 0.762 bits per heavy atom. The molecule has 5 heteroatoms. The minimum atomic E-state index is -1.85. The van der Waals surface area contributed by atoms with Gasteiger partial charge in [0.1, 0.15) is 5.82 Å². The van der Waals surface area contributed by atoms with Crippen LogP contribution in [-0.4, -0.2) is 6.29 Å². The summed E-state index contributed by atoms with van der Waals surface area (Å²) in [7, 11) is 0. The molecule has 0 N–H and O–H groups in total. The van der Waals surface area contributed by atoms with Crippen molar-refractivity contribution in [3.8, 4) is 11.1 Å². The summed E-state index contributed by atoms with van der Waals surface area (Å²) in [6, 6.07) is 3.34. The van der Waals surface area contributed by atoms with Gasteiger partial charge in [0.15, 0.2) is 23.7 Å². The monoisotopic (exact) mass is 296 g/mol. The van der Waals surface area contributed by atoms with Gasteiger partial charge in [0.2, 0.25) is 0 Å². The fourth-order valence-electron chi connectivity index (χ4n) is 2.55. The van der Waals surface area contributed by atoms with Crippen molar-refractivity contribution in [2.75, 3.05) is 0 Å². The van der Waals surface area contributed by atoms with Gasteiger partial charge in [-0.3, -0.25) is 4.79 Å². The average Bonchev–Trinajstić information content (AvgIpc) is 2.40. The molecular weight excluding hydrogens is 284 g/mol. The zero-order valence-corrected chi connectivity index (χ0v) is 11.7. The zero-order valence-electron chi connectivity index (χ0n) is 11.7. The number of aldehydes is 1. The SMILES string of the molecule is Cc1cc(C)c(-c2c(F)c(F)c(F)c(C=O)c2F)c(C)c1. The topological polar surface area (TPSA) is 17.1 Å². The van der Waals surface area contributed by atoms with Gasteiger partial charge in [-0.1, -0.05) is 17.7 Å². The molecule has 0 unspecified atom stereocenters. The second-order valence-electron chi connectivity index (χ2n) is 4.94. The Bertz CT molecular complexity index is 728. The van der Waals surface area contributed by atoms with Crippen LogP contribution in [0.2, 0.25) is 0 Å². The molecule has 0 fully saturated rings. The van der Waals surface area contributed by atoms with E-state index < -0.39 is 34.4 Å². The summed E-state index contributed by atoms with van der Waals surface area (Å²) in [6.07, 6.45) is -0.157. The van der Waals surface area contributed by atoms with Crippen LogP contribution in [0.1, 0.15) is 27.0 Å². The minimum absolute atomic E-state index is 0.123. The van der Waals surface area contributed by atoms with Crippen LogP contribution < -0.4 is 0 Å². The predicted molar refractivity (Wildman–Crippen MR) is 71.3 cm³/mol. The Labute approximate surface area is 119 Å². The smallest absolute Gasteiger partial charge is 0.196 e. The molecule has 21 heavy (non-hydrogen) atoms. The number of benzene rings is 2. The van der Waals surface area contributed by atoms with E-state index in [1.165, 1.54) is 0 Å². The van der Waals surface area contributed by atoms with Crippen molar-refractivity contribution in [2.24, 2.45) is 0 Å². The van der Waals surface area contributed by atoms with Crippen molar-refractivity contribution < 1.29 is 22.4 Å². The second-order valence-corrected chi connectivity index (χ2v) is 4.94. The van der Waals surface area contributed by atoms with Crippen LogP contribution in [0.15, 0.2) is 12.1 Å². The van der Waals surface area contributed by atoms with Crippen molar-refractivity contribution in [1.29, 1.82) is 0 Å². The number of halogens is 4. The van der Waals surface area contributed by atoms with Crippen LogP contribution in [0.4, 0.5) is 17.6 Å². The normalized spacial score (nSPS) is 10.8. The summed E-state index contributed by atoms with van der Waals surface area (Å²) in [5.41, 5.74) is 0.181. The molecule has 2 rings (SSSR count). The lowest BCUT2D eigenvalue weighted by molar-refractivity contribution is 0.111. The molecule has 1 nitrogen and oxygen atoms in total. The minimum Gasteiger partial charge on any atom is -0.298 e. The molecule has 0 aliphatic rings. The van der Waals surface area contributed by atoms with E-state index >= 15 is 0 Å². The lowest BCUT2D eigenvalue weighted by Crippen LogP contribution is -2.07. The third-order valence-corrected chi connectivity index (χ3v) is 3.34. The molecule has 0 spiro atoms. The van der Waals surface area contributed by atoms with Gasteiger partial charge in [-0.2, -0.15) is 0 Å². The van der Waals surface area contributed by atoms with E-state index in [0.717, 1.165) is 5.56 Å². The fraction of sp³-hybridized carbons (Fsp3) is 0.188. The molecule has 0 bridgehead atoms. The van der Waals surface area contributed by atoms with Crippen LogP contribution in [-0.2, 0) is 0 Å². The lowest BCUT2D eigenvalue weighted by Gasteiger charge is -2.15. The molecule has 0 aliphatic carbocycles. The van der Waals surface area contributed by atoms with Crippen molar-refractivity contribution >= 4 is 6.29 Å². The molecule has 110 valence electrons. The van der Waals surface area contributed by atoms with Crippen LogP contribution in [0, 0.1) is 44.0 Å². The van der Waals surface area contributed by atoms with Crippen molar-refractivity contribution in [3.63, 3.8) is 0 Å². The van der Waals surface area contributed by atoms with Crippen molar-refractivity contribution in [3.05, 3.63) is 57.7 Å². The zero-order chi connectivity index (χ0) is 15.9. The highest BCUT2D eigenvalue weighted by Crippen LogP contribution is 2.35. The maximum atomic E-state index is 14.2. The predicted octanol–water partition coefficient (Wildman–Crippen LogP) is 4.65. The Morgan fingerprint density at radius 2 is 1.29 bits per heavy atom. The summed E-state index contributed by atoms with van der Waals surface area (Å²) >= 11 is 0. The molecule has 0 atom stereocenters. The second kappa shape index (κ2) is 5.31. The van der Waals surface area contributed by atoms with Gasteiger partial charge < -0.3 is 0 Å². The lowest BCUT2D eigenvalue weighted by atomic mass is 9.91. The van der Waals surface area contributed by atoms with E-state index in [9.17, 15) is 22.4 Å². The van der Waals surface area contributed by atoms with E-state index in [2.05, 4.69) is 0 Å². The van der Waals surface area contributed by atoms with Crippen molar-refractivity contribution in [1.82, 2.24) is 0 Å². The molecule has 0 aromatic heterocycles. The first-order valence-electron chi connectivity index (χ1n) is 6.19. The van der Waals surface area contributed by atoms with Gasteiger partial charge >= 0.3 is 0 Å². The van der Waals surface area contributed by atoms with Gasteiger partial charge in [-0.25, -0.2) is 17.6 Å². The number of aryl methyl sites for hydroxylation is 3. The summed E-state index contributed by atoms with van der Waals surface area (Å²) in [5.74, 6) is -6.69. The van der Waals surface area contributed by atoms with Crippen LogP contribution in [0.5, 0.6) is 0 Å². The molecule has 2 aromatic rings. The van der Waals surface area contributed by atoms with E-state index in [0.29, 0.717) is 11.1 Å². The van der Waals surface area contributed by atoms with Crippen LogP contribution >= 0.6 is 0 Å². The highest BCUT2D eigenvalue weighted by molar-refractivity contribution is 5.82. The van der Waals surface area contributed by atoms with Gasteiger partial charge in [0.05, 0.1) is 11.1 Å². The Balaban J connectivity index is 2.95. The van der Waals surface area contributed by atoms with Gasteiger partial charge in [0, 0.05) is 0 Å². The molecule has 0 heterocycles. The van der Waals surface area contributed by atoms with Gasteiger partial charge in [-0.15, -0.1) is 0 Å². The quantitative estimate of drug-likeness (QED) is 0.341. The third-order valence-electron chi connectivity index (χ3n) is 3.34. The molecule has 0 aliphatic heterocycles. The fourth-order valence-corrected chi connectivity index (χ4v) is 2.55. The van der Waals surface area contributed by atoms with E-state index in [-0.39, 0.29) is 11.8 Å². The van der Waals surface area contributed by atoms with Crippen molar-refractivity contribution in [2.45, 2.75) is 20.8 Å². The summed E-state index contributed by atoms with van der Waals surface area (Å²) < 4.78 is 55.2. The standard InChI is InChI=1S/C16H12F4O/c1-7-4-8(2)11(9(3)5-7)12-13(17)10(6-21)14(18)16(20)15(12)19/h4-6H,1-3H3. The largest absolute Gasteiger partial charge is 0.298 e. The van der Waals surface area contributed by atoms with Crippen LogP contribution in [0.3, 0.4) is 0 Å². The summed E-state index contributed by atoms with van der Waals surface area (Å²) in [6.45, 7) is 5.02. The third kappa shape index (κ3) is 2.33. The first-order chi connectivity index (χ1) is 9.79. The number of hydrogen-bond acceptors (Lipinski definition) is 1. The van der Waals surface area contributed by atoms with Gasteiger partial charge in [-0.05, 0) is 37.5 Å². The Morgan fingerprint density at radius 3 is 1.76 bits per heavy atom. The first-order valence-corrected chi connectivity index (χ1v) is 6.19. The number of hydrogen-bond donors (Lipinski definition) is 0. The van der Waals surface area contributed by atoms with Gasteiger partial charge in [0.25, 0.3) is 0 Å². The molecule has 0 saturated carbocycles. The molecular formula is C16H12F4O. The first kappa shape index (κ1) is 15.2. The maximum Gasteiger partial charge on any atom is 0.196 e. The summed E-state index contributed by atoms with van der Waals surface area (Å²) in [5, 5.41) is 0. The molecule has 2 aromatic carbocycles. The maximum absolute atomic E-state index is 14.2. The average molecular weight is 296 g/mol. The number of carbonyl (C=O) groups excluding carboxylic acids is 1.